The molecule has 19 heavy (non-hydrogen) atoms. The van der Waals surface area contributed by atoms with Gasteiger partial charge in [0.2, 0.25) is 0 Å². The molecule has 0 fully saturated rings. The minimum absolute atomic E-state index is 0.526. The molecule has 0 radical (unpaired) electrons. The van der Waals surface area contributed by atoms with Crippen molar-refractivity contribution in [3.63, 3.8) is 0 Å². The maximum absolute atomic E-state index is 3.83. The highest BCUT2D eigenvalue weighted by Gasteiger charge is 2.13. The first-order valence-electron chi connectivity index (χ1n) is 8.08. The zero-order chi connectivity index (χ0) is 13.9. The third kappa shape index (κ3) is 6.77. The predicted octanol–water partition coefficient (Wildman–Crippen LogP) is 5.48. The number of benzene rings is 1. The van der Waals surface area contributed by atoms with Crippen LogP contribution in [-0.2, 0) is 0 Å². The average molecular weight is 261 g/mol. The summed E-state index contributed by atoms with van der Waals surface area (Å²) in [7, 11) is 0. The summed E-state index contributed by atoms with van der Waals surface area (Å²) in [5.74, 6) is 0. The summed E-state index contributed by atoms with van der Waals surface area (Å²) in [6.45, 7) is 6.87. The van der Waals surface area contributed by atoms with Crippen molar-refractivity contribution in [3.05, 3.63) is 35.9 Å². The van der Waals surface area contributed by atoms with E-state index in [0.717, 1.165) is 0 Å². The summed E-state index contributed by atoms with van der Waals surface area (Å²) >= 11 is 0. The molecule has 0 saturated heterocycles. The Hall–Kier alpha value is -0.820. The van der Waals surface area contributed by atoms with Crippen molar-refractivity contribution < 1.29 is 0 Å². The third-order valence-electron chi connectivity index (χ3n) is 3.77. The SMILES string of the molecule is CCCCCC(C)NC(CCCC)c1ccccc1. The Morgan fingerprint density at radius 2 is 1.58 bits per heavy atom. The molecule has 0 aliphatic heterocycles. The van der Waals surface area contributed by atoms with Crippen LogP contribution in [0.5, 0.6) is 0 Å². The van der Waals surface area contributed by atoms with Crippen molar-refractivity contribution in [1.29, 1.82) is 0 Å². The molecule has 1 N–H and O–H groups in total. The average Bonchev–Trinajstić information content (AvgIpc) is 2.44. The van der Waals surface area contributed by atoms with Crippen LogP contribution >= 0.6 is 0 Å². The molecule has 0 bridgehead atoms. The van der Waals surface area contributed by atoms with Crippen LogP contribution in [0, 0.1) is 0 Å². The number of nitrogens with one attached hydrogen (secondary N) is 1. The maximum atomic E-state index is 3.83. The lowest BCUT2D eigenvalue weighted by Gasteiger charge is -2.24. The van der Waals surface area contributed by atoms with Crippen molar-refractivity contribution in [2.24, 2.45) is 0 Å². The molecular formula is C18H31N. The highest BCUT2D eigenvalue weighted by molar-refractivity contribution is 5.18. The van der Waals surface area contributed by atoms with E-state index in [1.165, 1.54) is 50.5 Å². The zero-order valence-corrected chi connectivity index (χ0v) is 13.0. The van der Waals surface area contributed by atoms with Crippen molar-refractivity contribution in [2.75, 3.05) is 0 Å². The molecule has 1 aromatic carbocycles. The van der Waals surface area contributed by atoms with Gasteiger partial charge in [0, 0.05) is 12.1 Å². The Morgan fingerprint density at radius 1 is 0.895 bits per heavy atom. The summed E-state index contributed by atoms with van der Waals surface area (Å²) in [5.41, 5.74) is 1.44. The van der Waals surface area contributed by atoms with Gasteiger partial charge >= 0.3 is 0 Å². The van der Waals surface area contributed by atoms with E-state index < -0.39 is 0 Å². The van der Waals surface area contributed by atoms with Gasteiger partial charge in [-0.1, -0.05) is 76.3 Å². The van der Waals surface area contributed by atoms with Crippen molar-refractivity contribution >= 4 is 0 Å². The molecule has 0 aromatic heterocycles. The zero-order valence-electron chi connectivity index (χ0n) is 13.0. The largest absolute Gasteiger partial charge is 0.307 e. The Kier molecular flexibility index (Phi) is 8.57. The summed E-state index contributed by atoms with van der Waals surface area (Å²) in [6.07, 6.45) is 9.13. The van der Waals surface area contributed by atoms with E-state index in [-0.39, 0.29) is 0 Å². The second-order valence-corrected chi connectivity index (χ2v) is 5.67. The molecule has 2 unspecified atom stereocenters. The molecule has 2 atom stereocenters. The fourth-order valence-electron chi connectivity index (χ4n) is 2.57. The number of hydrogen-bond donors (Lipinski definition) is 1. The van der Waals surface area contributed by atoms with Crippen LogP contribution in [0.4, 0.5) is 0 Å². The molecule has 0 amide bonds. The summed E-state index contributed by atoms with van der Waals surface area (Å²) in [6, 6.07) is 12.1. The lowest BCUT2D eigenvalue weighted by Crippen LogP contribution is -2.30. The van der Waals surface area contributed by atoms with Gasteiger partial charge in [-0.2, -0.15) is 0 Å². The van der Waals surface area contributed by atoms with E-state index in [1.54, 1.807) is 0 Å². The van der Waals surface area contributed by atoms with E-state index in [9.17, 15) is 0 Å². The summed E-state index contributed by atoms with van der Waals surface area (Å²) in [5, 5.41) is 3.83. The lowest BCUT2D eigenvalue weighted by molar-refractivity contribution is 0.399. The number of unbranched alkanes of at least 4 members (excludes halogenated alkanes) is 3. The quantitative estimate of drug-likeness (QED) is 0.550. The first kappa shape index (κ1) is 16.2. The molecule has 0 aliphatic carbocycles. The van der Waals surface area contributed by atoms with Crippen molar-refractivity contribution in [2.45, 2.75) is 77.8 Å². The van der Waals surface area contributed by atoms with Crippen LogP contribution in [0.3, 0.4) is 0 Å². The van der Waals surface area contributed by atoms with Crippen LogP contribution in [0.25, 0.3) is 0 Å². The molecular weight excluding hydrogens is 230 g/mol. The molecule has 1 aromatic rings. The van der Waals surface area contributed by atoms with Gasteiger partial charge < -0.3 is 5.32 Å². The van der Waals surface area contributed by atoms with Gasteiger partial charge in [-0.3, -0.25) is 0 Å². The van der Waals surface area contributed by atoms with Gasteiger partial charge in [0.1, 0.15) is 0 Å². The molecule has 0 spiro atoms. The Morgan fingerprint density at radius 3 is 2.21 bits per heavy atom. The smallest absolute Gasteiger partial charge is 0.0322 e. The molecule has 1 rings (SSSR count). The molecule has 1 nitrogen and oxygen atoms in total. The summed E-state index contributed by atoms with van der Waals surface area (Å²) in [4.78, 5) is 0. The van der Waals surface area contributed by atoms with E-state index in [1.807, 2.05) is 0 Å². The topological polar surface area (TPSA) is 12.0 Å². The van der Waals surface area contributed by atoms with Crippen LogP contribution in [0.15, 0.2) is 30.3 Å². The second-order valence-electron chi connectivity index (χ2n) is 5.67. The Labute approximate surface area is 119 Å². The number of rotatable bonds is 10. The van der Waals surface area contributed by atoms with E-state index in [0.29, 0.717) is 12.1 Å². The first-order valence-corrected chi connectivity index (χ1v) is 8.08. The van der Waals surface area contributed by atoms with E-state index in [4.69, 9.17) is 0 Å². The molecule has 108 valence electrons. The van der Waals surface area contributed by atoms with Gasteiger partial charge in [0.05, 0.1) is 0 Å². The van der Waals surface area contributed by atoms with Crippen LogP contribution in [0.1, 0.15) is 77.3 Å². The third-order valence-corrected chi connectivity index (χ3v) is 3.77. The fraction of sp³-hybridized carbons (Fsp3) is 0.667. The maximum Gasteiger partial charge on any atom is 0.0322 e. The van der Waals surface area contributed by atoms with E-state index >= 15 is 0 Å². The van der Waals surface area contributed by atoms with E-state index in [2.05, 4.69) is 56.4 Å². The predicted molar refractivity (Wildman–Crippen MR) is 85.4 cm³/mol. The number of hydrogen-bond acceptors (Lipinski definition) is 1. The highest BCUT2D eigenvalue weighted by Crippen LogP contribution is 2.20. The minimum atomic E-state index is 0.526. The van der Waals surface area contributed by atoms with Gasteiger partial charge in [-0.05, 0) is 25.3 Å². The van der Waals surface area contributed by atoms with Crippen LogP contribution in [-0.4, -0.2) is 6.04 Å². The van der Waals surface area contributed by atoms with Gasteiger partial charge in [-0.15, -0.1) is 0 Å². The van der Waals surface area contributed by atoms with Gasteiger partial charge in [0.15, 0.2) is 0 Å². The van der Waals surface area contributed by atoms with Crippen molar-refractivity contribution in [1.82, 2.24) is 5.32 Å². The van der Waals surface area contributed by atoms with Crippen molar-refractivity contribution in [3.8, 4) is 0 Å². The minimum Gasteiger partial charge on any atom is -0.307 e. The Bertz CT molecular complexity index is 307. The monoisotopic (exact) mass is 261 g/mol. The summed E-state index contributed by atoms with van der Waals surface area (Å²) < 4.78 is 0. The van der Waals surface area contributed by atoms with Crippen LogP contribution in [0.2, 0.25) is 0 Å². The Balaban J connectivity index is 2.49. The highest BCUT2D eigenvalue weighted by atomic mass is 14.9. The van der Waals surface area contributed by atoms with Gasteiger partial charge in [-0.25, -0.2) is 0 Å². The van der Waals surface area contributed by atoms with Crippen LogP contribution < -0.4 is 5.32 Å². The second kappa shape index (κ2) is 10.0. The normalized spacial score (nSPS) is 14.3. The molecule has 1 heteroatoms. The lowest BCUT2D eigenvalue weighted by atomic mass is 9.99. The molecule has 0 saturated carbocycles. The standard InChI is InChI=1S/C18H31N/c1-4-6-9-12-16(3)19-18(15-7-5-2)17-13-10-8-11-14-17/h8,10-11,13-14,16,18-19H,4-7,9,12,15H2,1-3H3. The molecule has 0 aliphatic rings. The first-order chi connectivity index (χ1) is 9.27. The van der Waals surface area contributed by atoms with Gasteiger partial charge in [0.25, 0.3) is 0 Å². The molecule has 0 heterocycles. The fourth-order valence-corrected chi connectivity index (χ4v) is 2.57.